The maximum atomic E-state index is 12.5. The molecule has 3 aromatic rings. The van der Waals surface area contributed by atoms with Crippen molar-refractivity contribution in [1.82, 2.24) is 4.90 Å². The Morgan fingerprint density at radius 3 is 2.26 bits per heavy atom. The van der Waals surface area contributed by atoms with Gasteiger partial charge in [-0.25, -0.2) is 0 Å². The average molecular weight is 418 g/mol. The number of hydrogen-bond donors (Lipinski definition) is 1. The van der Waals surface area contributed by atoms with Crippen molar-refractivity contribution in [3.05, 3.63) is 83.4 Å². The number of anilines is 1. The van der Waals surface area contributed by atoms with E-state index in [-0.39, 0.29) is 5.91 Å². The van der Waals surface area contributed by atoms with Crippen molar-refractivity contribution in [3.63, 3.8) is 0 Å². The summed E-state index contributed by atoms with van der Waals surface area (Å²) in [6.07, 6.45) is 0. The Hall–Kier alpha value is -3.51. The van der Waals surface area contributed by atoms with E-state index in [1.165, 1.54) is 5.56 Å². The van der Waals surface area contributed by atoms with E-state index in [1.54, 1.807) is 7.11 Å². The normalized spacial score (nSPS) is 12.5. The second-order valence-electron chi connectivity index (χ2n) is 7.53. The van der Waals surface area contributed by atoms with Crippen molar-refractivity contribution in [2.24, 2.45) is 0 Å². The van der Waals surface area contributed by atoms with E-state index in [1.807, 2.05) is 60.7 Å². The third-order valence-electron chi connectivity index (χ3n) is 5.08. The molecule has 0 aromatic heterocycles. The quantitative estimate of drug-likeness (QED) is 0.618. The Morgan fingerprint density at radius 2 is 1.55 bits per heavy atom. The molecule has 1 N–H and O–H groups in total. The van der Waals surface area contributed by atoms with Crippen molar-refractivity contribution in [3.8, 4) is 17.2 Å². The molecule has 0 radical (unpaired) electrons. The molecule has 0 saturated carbocycles. The van der Waals surface area contributed by atoms with E-state index in [2.05, 4.69) is 23.3 Å². The van der Waals surface area contributed by atoms with Crippen LogP contribution in [0, 0.1) is 0 Å². The Kier molecular flexibility index (Phi) is 6.38. The number of nitrogens with one attached hydrogen (secondary N) is 1. The number of fused-ring (bicyclic) bond motifs is 1. The van der Waals surface area contributed by atoms with Gasteiger partial charge < -0.3 is 19.5 Å². The van der Waals surface area contributed by atoms with Crippen LogP contribution in [0.5, 0.6) is 17.2 Å². The van der Waals surface area contributed by atoms with Crippen molar-refractivity contribution in [2.75, 3.05) is 32.7 Å². The Balaban J connectivity index is 1.32. The Labute approximate surface area is 182 Å². The highest BCUT2D eigenvalue weighted by Crippen LogP contribution is 2.31. The predicted octanol–water partition coefficient (Wildman–Crippen LogP) is 4.35. The first-order chi connectivity index (χ1) is 15.1. The van der Waals surface area contributed by atoms with Gasteiger partial charge in [0.25, 0.3) is 5.91 Å². The van der Waals surface area contributed by atoms with Crippen LogP contribution in [-0.2, 0) is 13.1 Å². The molecule has 0 aliphatic carbocycles. The number of nitrogens with zero attached hydrogens (tertiary/aromatic N) is 1. The number of carbonyl (C=O) groups excluding carboxylic acids is 1. The van der Waals surface area contributed by atoms with Gasteiger partial charge in [-0.1, -0.05) is 18.2 Å². The van der Waals surface area contributed by atoms with Gasteiger partial charge in [-0.3, -0.25) is 9.69 Å². The summed E-state index contributed by atoms with van der Waals surface area (Å²) in [5, 5.41) is 2.90. The summed E-state index contributed by atoms with van der Waals surface area (Å²) >= 11 is 0. The molecular formula is C25H26N2O4. The van der Waals surface area contributed by atoms with E-state index in [4.69, 9.17) is 14.2 Å². The fourth-order valence-corrected chi connectivity index (χ4v) is 3.50. The number of carbonyl (C=O) groups is 1. The number of rotatable bonds is 7. The van der Waals surface area contributed by atoms with E-state index in [0.717, 1.165) is 41.6 Å². The van der Waals surface area contributed by atoms with Crippen LogP contribution in [0.3, 0.4) is 0 Å². The van der Waals surface area contributed by atoms with Gasteiger partial charge in [0.15, 0.2) is 11.5 Å². The van der Waals surface area contributed by atoms with Gasteiger partial charge in [-0.2, -0.15) is 0 Å². The zero-order valence-electron chi connectivity index (χ0n) is 17.8. The summed E-state index contributed by atoms with van der Waals surface area (Å²) in [4.78, 5) is 14.7. The Morgan fingerprint density at radius 1 is 0.903 bits per heavy atom. The number of methoxy groups -OCH3 is 1. The molecule has 1 aliphatic rings. The van der Waals surface area contributed by atoms with Crippen LogP contribution in [0.1, 0.15) is 21.5 Å². The molecule has 6 nitrogen and oxygen atoms in total. The number of amides is 1. The molecule has 0 fully saturated rings. The lowest BCUT2D eigenvalue weighted by Gasteiger charge is -2.21. The molecule has 0 saturated heterocycles. The lowest BCUT2D eigenvalue weighted by Crippen LogP contribution is -2.19. The van der Waals surface area contributed by atoms with Gasteiger partial charge in [-0.05, 0) is 66.7 Å². The highest BCUT2D eigenvalue weighted by molar-refractivity contribution is 6.04. The minimum absolute atomic E-state index is 0.138. The topological polar surface area (TPSA) is 60.0 Å². The molecular weight excluding hydrogens is 392 g/mol. The van der Waals surface area contributed by atoms with Crippen molar-refractivity contribution in [1.29, 1.82) is 0 Å². The zero-order chi connectivity index (χ0) is 21.6. The predicted molar refractivity (Wildman–Crippen MR) is 120 cm³/mol. The monoisotopic (exact) mass is 418 g/mol. The van der Waals surface area contributed by atoms with E-state index in [0.29, 0.717) is 18.8 Å². The molecule has 0 bridgehead atoms. The SMILES string of the molecule is COc1ccc(NC(=O)c2ccc(CN(C)Cc3ccc4c(c3)OCCO4)cc2)cc1. The molecule has 1 heterocycles. The number of benzene rings is 3. The highest BCUT2D eigenvalue weighted by atomic mass is 16.6. The van der Waals surface area contributed by atoms with Gasteiger partial charge in [-0.15, -0.1) is 0 Å². The molecule has 1 aliphatic heterocycles. The molecule has 0 spiro atoms. The molecule has 0 unspecified atom stereocenters. The fourth-order valence-electron chi connectivity index (χ4n) is 3.50. The molecule has 1 amide bonds. The molecule has 6 heteroatoms. The summed E-state index contributed by atoms with van der Waals surface area (Å²) in [5.74, 6) is 2.23. The summed E-state index contributed by atoms with van der Waals surface area (Å²) in [5.41, 5.74) is 3.66. The molecule has 3 aromatic carbocycles. The maximum Gasteiger partial charge on any atom is 0.255 e. The second kappa shape index (κ2) is 9.53. The molecule has 160 valence electrons. The second-order valence-corrected chi connectivity index (χ2v) is 7.53. The number of ether oxygens (including phenoxy) is 3. The van der Waals surface area contributed by atoms with Crippen molar-refractivity contribution < 1.29 is 19.0 Å². The summed E-state index contributed by atoms with van der Waals surface area (Å²) < 4.78 is 16.4. The van der Waals surface area contributed by atoms with Gasteiger partial charge in [0.2, 0.25) is 0 Å². The lowest BCUT2D eigenvalue weighted by molar-refractivity contribution is 0.102. The largest absolute Gasteiger partial charge is 0.497 e. The first-order valence-electron chi connectivity index (χ1n) is 10.2. The zero-order valence-corrected chi connectivity index (χ0v) is 17.8. The van der Waals surface area contributed by atoms with Crippen LogP contribution in [0.25, 0.3) is 0 Å². The summed E-state index contributed by atoms with van der Waals surface area (Å²) in [6.45, 7) is 2.75. The summed E-state index contributed by atoms with van der Waals surface area (Å²) in [6, 6.07) is 21.0. The fraction of sp³-hybridized carbons (Fsp3) is 0.240. The highest BCUT2D eigenvalue weighted by Gasteiger charge is 2.13. The van der Waals surface area contributed by atoms with E-state index in [9.17, 15) is 4.79 Å². The standard InChI is InChI=1S/C25H26N2O4/c1-27(17-19-5-12-23-24(15-19)31-14-13-30-23)16-18-3-6-20(7-4-18)25(28)26-21-8-10-22(29-2)11-9-21/h3-12,15H,13-14,16-17H2,1-2H3,(H,26,28). The molecule has 31 heavy (non-hydrogen) atoms. The van der Waals surface area contributed by atoms with Crippen molar-refractivity contribution in [2.45, 2.75) is 13.1 Å². The van der Waals surface area contributed by atoms with Gasteiger partial charge in [0, 0.05) is 24.3 Å². The summed E-state index contributed by atoms with van der Waals surface area (Å²) in [7, 11) is 3.68. The maximum absolute atomic E-state index is 12.5. The number of hydrogen-bond acceptors (Lipinski definition) is 5. The van der Waals surface area contributed by atoms with Crippen LogP contribution in [0.2, 0.25) is 0 Å². The molecule has 4 rings (SSSR count). The van der Waals surface area contributed by atoms with Gasteiger partial charge in [0.1, 0.15) is 19.0 Å². The Bertz CT molecular complexity index is 1030. The smallest absolute Gasteiger partial charge is 0.255 e. The third kappa shape index (κ3) is 5.35. The van der Waals surface area contributed by atoms with Crippen LogP contribution in [-0.4, -0.2) is 38.2 Å². The van der Waals surface area contributed by atoms with E-state index < -0.39 is 0 Å². The van der Waals surface area contributed by atoms with E-state index >= 15 is 0 Å². The first-order valence-corrected chi connectivity index (χ1v) is 10.2. The van der Waals surface area contributed by atoms with Crippen LogP contribution < -0.4 is 19.5 Å². The van der Waals surface area contributed by atoms with Crippen LogP contribution in [0.4, 0.5) is 5.69 Å². The van der Waals surface area contributed by atoms with Crippen molar-refractivity contribution >= 4 is 11.6 Å². The van der Waals surface area contributed by atoms with Crippen LogP contribution in [0.15, 0.2) is 66.7 Å². The minimum Gasteiger partial charge on any atom is -0.497 e. The van der Waals surface area contributed by atoms with Gasteiger partial charge in [0.05, 0.1) is 7.11 Å². The average Bonchev–Trinajstić information content (AvgIpc) is 2.80. The van der Waals surface area contributed by atoms with Gasteiger partial charge >= 0.3 is 0 Å². The third-order valence-corrected chi connectivity index (χ3v) is 5.08. The molecule has 0 atom stereocenters. The lowest BCUT2D eigenvalue weighted by atomic mass is 10.1. The van der Waals surface area contributed by atoms with Crippen LogP contribution >= 0.6 is 0 Å². The minimum atomic E-state index is -0.138. The first kappa shape index (κ1) is 20.8.